The molecule has 0 atom stereocenters. The van der Waals surface area contributed by atoms with Crippen molar-refractivity contribution in [3.05, 3.63) is 64.7 Å². The molecule has 21 heavy (non-hydrogen) atoms. The fraction of sp³-hybridized carbons (Fsp3) is 0.200. The summed E-state index contributed by atoms with van der Waals surface area (Å²) in [6.45, 7) is 0.336. The lowest BCUT2D eigenvalue weighted by Crippen LogP contribution is -2.26. The zero-order valence-corrected chi connectivity index (χ0v) is 14.4. The highest BCUT2D eigenvalue weighted by atomic mass is 79.9. The minimum Gasteiger partial charge on any atom is -0.211 e. The standard InChI is InChI=1S/C15H15BrClNO2S/c16-11-13-4-6-15(7-5-13)21(19,20)18-9-8-12-2-1-3-14(17)10-12/h1-7,10,18H,8-9,11H2. The van der Waals surface area contributed by atoms with Gasteiger partial charge in [0.2, 0.25) is 10.0 Å². The lowest BCUT2D eigenvalue weighted by Gasteiger charge is -2.07. The van der Waals surface area contributed by atoms with Gasteiger partial charge in [-0.15, -0.1) is 0 Å². The summed E-state index contributed by atoms with van der Waals surface area (Å²) in [6.07, 6.45) is 0.597. The third-order valence-corrected chi connectivity index (χ3v) is 5.34. The summed E-state index contributed by atoms with van der Waals surface area (Å²) in [4.78, 5) is 0.276. The van der Waals surface area contributed by atoms with Crippen LogP contribution in [-0.4, -0.2) is 15.0 Å². The molecule has 0 aliphatic rings. The van der Waals surface area contributed by atoms with Gasteiger partial charge in [0.05, 0.1) is 4.90 Å². The van der Waals surface area contributed by atoms with E-state index in [0.29, 0.717) is 23.3 Å². The van der Waals surface area contributed by atoms with Crippen LogP contribution in [0, 0.1) is 0 Å². The minimum absolute atomic E-state index is 0.276. The van der Waals surface area contributed by atoms with Gasteiger partial charge in [-0.3, -0.25) is 0 Å². The summed E-state index contributed by atoms with van der Waals surface area (Å²) in [7, 11) is -3.46. The highest BCUT2D eigenvalue weighted by molar-refractivity contribution is 9.08. The summed E-state index contributed by atoms with van der Waals surface area (Å²) in [5.41, 5.74) is 2.03. The Morgan fingerprint density at radius 3 is 2.38 bits per heavy atom. The van der Waals surface area contributed by atoms with Crippen LogP contribution in [0.4, 0.5) is 0 Å². The van der Waals surface area contributed by atoms with Gasteiger partial charge in [-0.25, -0.2) is 13.1 Å². The Kier molecular flexibility index (Phi) is 5.81. The fourth-order valence-corrected chi connectivity index (χ4v) is 3.48. The second-order valence-corrected chi connectivity index (χ2v) is 7.32. The first-order valence-electron chi connectivity index (χ1n) is 6.40. The number of nitrogens with one attached hydrogen (secondary N) is 1. The fourth-order valence-electron chi connectivity index (χ4n) is 1.86. The van der Waals surface area contributed by atoms with Crippen molar-refractivity contribution in [2.75, 3.05) is 6.54 Å². The third-order valence-electron chi connectivity index (χ3n) is 2.98. The van der Waals surface area contributed by atoms with Crippen molar-refractivity contribution >= 4 is 37.6 Å². The topological polar surface area (TPSA) is 46.2 Å². The summed E-state index contributed by atoms with van der Waals surface area (Å²) in [5, 5.41) is 1.36. The Balaban J connectivity index is 1.97. The van der Waals surface area contributed by atoms with Crippen molar-refractivity contribution < 1.29 is 8.42 Å². The summed E-state index contributed by atoms with van der Waals surface area (Å²) >= 11 is 9.23. The van der Waals surface area contributed by atoms with Crippen molar-refractivity contribution in [2.45, 2.75) is 16.6 Å². The Morgan fingerprint density at radius 2 is 1.76 bits per heavy atom. The van der Waals surface area contributed by atoms with E-state index >= 15 is 0 Å². The Bertz CT molecular complexity index is 702. The molecular weight excluding hydrogens is 374 g/mol. The Morgan fingerprint density at radius 1 is 1.05 bits per heavy atom. The van der Waals surface area contributed by atoms with Crippen LogP contribution >= 0.6 is 27.5 Å². The molecule has 0 bridgehead atoms. The molecule has 6 heteroatoms. The van der Waals surface area contributed by atoms with Crippen LogP contribution in [0.25, 0.3) is 0 Å². The second kappa shape index (κ2) is 7.40. The Hall–Kier alpha value is -0.880. The molecule has 0 spiro atoms. The lowest BCUT2D eigenvalue weighted by atomic mass is 10.2. The molecule has 112 valence electrons. The molecule has 0 aromatic heterocycles. The number of hydrogen-bond acceptors (Lipinski definition) is 2. The van der Waals surface area contributed by atoms with Gasteiger partial charge in [0.1, 0.15) is 0 Å². The predicted octanol–water partition coefficient (Wildman–Crippen LogP) is 3.76. The molecule has 3 nitrogen and oxygen atoms in total. The maximum absolute atomic E-state index is 12.1. The molecule has 0 aliphatic carbocycles. The number of rotatable bonds is 6. The molecule has 1 N–H and O–H groups in total. The van der Waals surface area contributed by atoms with E-state index in [1.165, 1.54) is 0 Å². The van der Waals surface area contributed by atoms with Gasteiger partial charge in [0.15, 0.2) is 0 Å². The number of sulfonamides is 1. The quantitative estimate of drug-likeness (QED) is 0.766. The van der Waals surface area contributed by atoms with Crippen molar-refractivity contribution in [3.63, 3.8) is 0 Å². The largest absolute Gasteiger partial charge is 0.240 e. The molecule has 2 aromatic rings. The van der Waals surface area contributed by atoms with Gasteiger partial charge in [0, 0.05) is 16.9 Å². The van der Waals surface area contributed by atoms with Crippen LogP contribution in [0.2, 0.25) is 5.02 Å². The van der Waals surface area contributed by atoms with Crippen molar-refractivity contribution in [1.29, 1.82) is 0 Å². The summed E-state index contributed by atoms with van der Waals surface area (Å²) < 4.78 is 26.9. The zero-order valence-electron chi connectivity index (χ0n) is 11.2. The summed E-state index contributed by atoms with van der Waals surface area (Å²) in [5.74, 6) is 0. The minimum atomic E-state index is -3.46. The van der Waals surface area contributed by atoms with Crippen LogP contribution < -0.4 is 4.72 Å². The molecule has 0 saturated carbocycles. The normalized spacial score (nSPS) is 11.5. The highest BCUT2D eigenvalue weighted by Gasteiger charge is 2.12. The second-order valence-electron chi connectivity index (χ2n) is 4.56. The van der Waals surface area contributed by atoms with Gasteiger partial charge in [-0.2, -0.15) is 0 Å². The van der Waals surface area contributed by atoms with E-state index < -0.39 is 10.0 Å². The van der Waals surface area contributed by atoms with Crippen molar-refractivity contribution in [1.82, 2.24) is 4.72 Å². The number of hydrogen-bond donors (Lipinski definition) is 1. The maximum atomic E-state index is 12.1. The number of alkyl halides is 1. The van der Waals surface area contributed by atoms with Gasteiger partial charge < -0.3 is 0 Å². The first-order chi connectivity index (χ1) is 10.0. The van der Waals surface area contributed by atoms with Crippen molar-refractivity contribution in [3.8, 4) is 0 Å². The first kappa shape index (κ1) is 16.5. The molecule has 0 unspecified atom stereocenters. The van der Waals surface area contributed by atoms with Crippen molar-refractivity contribution in [2.24, 2.45) is 0 Å². The average molecular weight is 389 g/mol. The van der Waals surface area contributed by atoms with E-state index in [9.17, 15) is 8.42 Å². The SMILES string of the molecule is O=S(=O)(NCCc1cccc(Cl)c1)c1ccc(CBr)cc1. The molecule has 0 aliphatic heterocycles. The molecule has 2 rings (SSSR count). The van der Waals surface area contributed by atoms with Gasteiger partial charge >= 0.3 is 0 Å². The van der Waals surface area contributed by atoms with E-state index in [1.54, 1.807) is 30.3 Å². The van der Waals surface area contributed by atoms with E-state index in [1.807, 2.05) is 18.2 Å². The maximum Gasteiger partial charge on any atom is 0.240 e. The molecule has 0 radical (unpaired) electrons. The zero-order chi connectivity index (χ0) is 15.3. The lowest BCUT2D eigenvalue weighted by molar-refractivity contribution is 0.581. The Labute approximate surface area is 138 Å². The van der Waals surface area contributed by atoms with E-state index in [-0.39, 0.29) is 4.90 Å². The van der Waals surface area contributed by atoms with Crippen LogP contribution in [0.3, 0.4) is 0 Å². The average Bonchev–Trinajstić information content (AvgIpc) is 2.47. The van der Waals surface area contributed by atoms with Crippen LogP contribution in [-0.2, 0) is 21.8 Å². The molecule has 0 saturated heterocycles. The molecular formula is C15H15BrClNO2S. The van der Waals surface area contributed by atoms with Gasteiger partial charge in [-0.05, 0) is 41.8 Å². The van der Waals surface area contributed by atoms with Gasteiger partial charge in [0.25, 0.3) is 0 Å². The van der Waals surface area contributed by atoms with E-state index in [2.05, 4.69) is 20.7 Å². The van der Waals surface area contributed by atoms with Gasteiger partial charge in [-0.1, -0.05) is 51.8 Å². The van der Waals surface area contributed by atoms with Crippen LogP contribution in [0.1, 0.15) is 11.1 Å². The number of benzene rings is 2. The molecule has 0 fully saturated rings. The first-order valence-corrected chi connectivity index (χ1v) is 9.38. The molecule has 0 heterocycles. The molecule has 2 aromatic carbocycles. The van der Waals surface area contributed by atoms with E-state index in [0.717, 1.165) is 11.1 Å². The monoisotopic (exact) mass is 387 g/mol. The van der Waals surface area contributed by atoms with Crippen LogP contribution in [0.5, 0.6) is 0 Å². The third kappa shape index (κ3) is 4.81. The van der Waals surface area contributed by atoms with Crippen LogP contribution in [0.15, 0.2) is 53.4 Å². The predicted molar refractivity (Wildman–Crippen MR) is 89.4 cm³/mol. The summed E-state index contributed by atoms with van der Waals surface area (Å²) in [6, 6.07) is 14.2. The molecule has 0 amide bonds. The number of halogens is 2. The highest BCUT2D eigenvalue weighted by Crippen LogP contribution is 2.13. The van der Waals surface area contributed by atoms with E-state index in [4.69, 9.17) is 11.6 Å². The smallest absolute Gasteiger partial charge is 0.211 e.